The van der Waals surface area contributed by atoms with Crippen LogP contribution in [0.4, 0.5) is 11.4 Å². The van der Waals surface area contributed by atoms with E-state index in [1.54, 1.807) is 0 Å². The van der Waals surface area contributed by atoms with Gasteiger partial charge in [0.25, 0.3) is 0 Å². The molecule has 29 heavy (non-hydrogen) atoms. The van der Waals surface area contributed by atoms with Crippen LogP contribution in [0.1, 0.15) is 37.3 Å². The summed E-state index contributed by atoms with van der Waals surface area (Å²) in [6.45, 7) is 5.92. The molecule has 1 atom stereocenters. The number of hydrogen-bond donors (Lipinski definition) is 1. The van der Waals surface area contributed by atoms with Crippen molar-refractivity contribution in [1.82, 2.24) is 0 Å². The van der Waals surface area contributed by atoms with Gasteiger partial charge in [0.1, 0.15) is 19.0 Å². The molecule has 0 saturated carbocycles. The third kappa shape index (κ3) is 3.97. The lowest BCUT2D eigenvalue weighted by Crippen LogP contribution is -2.25. The molecule has 6 heteroatoms. The molecule has 2 aliphatic heterocycles. The first-order chi connectivity index (χ1) is 13.9. The maximum atomic E-state index is 12.5. The number of nitrogens with zero attached hydrogens (tertiary/aromatic N) is 1. The number of carbonyl (C=O) groups excluding carboxylic acids is 1. The second kappa shape index (κ2) is 7.85. The highest BCUT2D eigenvalue weighted by Crippen LogP contribution is 2.46. The molecule has 0 saturated heterocycles. The van der Waals surface area contributed by atoms with Crippen LogP contribution in [0.5, 0.6) is 17.2 Å². The summed E-state index contributed by atoms with van der Waals surface area (Å²) in [6.07, 6.45) is 0.367. The Kier molecular flexibility index (Phi) is 5.26. The summed E-state index contributed by atoms with van der Waals surface area (Å²) in [5.74, 6) is 2.52. The van der Waals surface area contributed by atoms with Gasteiger partial charge in [0, 0.05) is 55.5 Å². The van der Waals surface area contributed by atoms with Crippen molar-refractivity contribution in [2.45, 2.75) is 26.2 Å². The van der Waals surface area contributed by atoms with E-state index in [-0.39, 0.29) is 11.8 Å². The lowest BCUT2D eigenvalue weighted by atomic mass is 9.84. The smallest absolute Gasteiger partial charge is 0.225 e. The molecule has 0 spiro atoms. The van der Waals surface area contributed by atoms with E-state index >= 15 is 0 Å². The number of nitrogens with one attached hydrogen (secondary N) is 1. The number of benzene rings is 2. The zero-order valence-electron chi connectivity index (χ0n) is 17.5. The normalized spacial score (nSPS) is 17.6. The molecule has 2 heterocycles. The summed E-state index contributed by atoms with van der Waals surface area (Å²) in [5.41, 5.74) is 3.89. The van der Waals surface area contributed by atoms with E-state index in [9.17, 15) is 4.79 Å². The monoisotopic (exact) mass is 396 g/mol. The fourth-order valence-corrected chi connectivity index (χ4v) is 3.75. The minimum absolute atomic E-state index is 0.00864. The maximum absolute atomic E-state index is 12.5. The minimum Gasteiger partial charge on any atom is -0.493 e. The number of carbonyl (C=O) groups is 1. The predicted molar refractivity (Wildman–Crippen MR) is 114 cm³/mol. The van der Waals surface area contributed by atoms with E-state index < -0.39 is 0 Å². The fraction of sp³-hybridized carbons (Fsp3) is 0.435. The van der Waals surface area contributed by atoms with E-state index in [4.69, 9.17) is 14.2 Å². The Hall–Kier alpha value is -2.89. The topological polar surface area (TPSA) is 60.0 Å². The van der Waals surface area contributed by atoms with Crippen molar-refractivity contribution < 1.29 is 19.0 Å². The maximum Gasteiger partial charge on any atom is 0.225 e. The molecule has 1 unspecified atom stereocenters. The van der Waals surface area contributed by atoms with Crippen molar-refractivity contribution in [3.05, 3.63) is 41.5 Å². The molecule has 0 fully saturated rings. The molecule has 154 valence electrons. The quantitative estimate of drug-likeness (QED) is 0.827. The van der Waals surface area contributed by atoms with Gasteiger partial charge in [-0.1, -0.05) is 19.9 Å². The molecule has 0 aliphatic carbocycles. The highest BCUT2D eigenvalue weighted by molar-refractivity contribution is 5.96. The Morgan fingerprint density at radius 3 is 2.52 bits per heavy atom. The Labute approximate surface area is 171 Å². The molecular weight excluding hydrogens is 368 g/mol. The average Bonchev–Trinajstić information content (AvgIpc) is 2.70. The SMILES string of the molecule is CC(C)COc1cc(N(C)C)ccc1C1CC(=O)Nc2cc3c(cc21)OCCO3. The van der Waals surface area contributed by atoms with Crippen molar-refractivity contribution in [3.63, 3.8) is 0 Å². The van der Waals surface area contributed by atoms with Gasteiger partial charge < -0.3 is 24.4 Å². The number of ether oxygens (including phenoxy) is 3. The molecule has 2 aromatic carbocycles. The number of amides is 1. The van der Waals surface area contributed by atoms with E-state index in [0.717, 1.165) is 34.0 Å². The molecule has 1 amide bonds. The van der Waals surface area contributed by atoms with Crippen molar-refractivity contribution in [1.29, 1.82) is 0 Å². The molecule has 4 rings (SSSR count). The van der Waals surface area contributed by atoms with E-state index in [0.29, 0.717) is 37.9 Å². The molecule has 0 aromatic heterocycles. The van der Waals surface area contributed by atoms with Gasteiger partial charge in [0.05, 0.1) is 6.61 Å². The first-order valence-corrected chi connectivity index (χ1v) is 10.1. The molecule has 2 aromatic rings. The first-order valence-electron chi connectivity index (χ1n) is 10.1. The van der Waals surface area contributed by atoms with Crippen LogP contribution in [0, 0.1) is 5.92 Å². The molecule has 0 radical (unpaired) electrons. The zero-order valence-corrected chi connectivity index (χ0v) is 17.5. The predicted octanol–water partition coefficient (Wildman–Crippen LogP) is 4.03. The lowest BCUT2D eigenvalue weighted by Gasteiger charge is -2.30. The summed E-state index contributed by atoms with van der Waals surface area (Å²) in [5, 5.41) is 2.99. The summed E-state index contributed by atoms with van der Waals surface area (Å²) in [6, 6.07) is 10.1. The van der Waals surface area contributed by atoms with Crippen LogP contribution in [-0.4, -0.2) is 39.8 Å². The van der Waals surface area contributed by atoms with Crippen LogP contribution in [0.25, 0.3) is 0 Å². The highest BCUT2D eigenvalue weighted by atomic mass is 16.6. The molecular formula is C23H28N2O4. The highest BCUT2D eigenvalue weighted by Gasteiger charge is 2.31. The van der Waals surface area contributed by atoms with E-state index in [1.165, 1.54) is 0 Å². The number of anilines is 2. The Morgan fingerprint density at radius 1 is 1.10 bits per heavy atom. The van der Waals surface area contributed by atoms with Gasteiger partial charge in [-0.15, -0.1) is 0 Å². The van der Waals surface area contributed by atoms with Gasteiger partial charge >= 0.3 is 0 Å². The molecule has 0 bridgehead atoms. The third-order valence-electron chi connectivity index (χ3n) is 5.21. The minimum atomic E-state index is -0.104. The number of fused-ring (bicyclic) bond motifs is 2. The van der Waals surface area contributed by atoms with Gasteiger partial charge in [0.15, 0.2) is 11.5 Å². The van der Waals surface area contributed by atoms with Crippen molar-refractivity contribution in [2.24, 2.45) is 5.92 Å². The largest absolute Gasteiger partial charge is 0.493 e. The van der Waals surface area contributed by atoms with Gasteiger partial charge in [0.2, 0.25) is 5.91 Å². The molecule has 1 N–H and O–H groups in total. The third-order valence-corrected chi connectivity index (χ3v) is 5.21. The average molecular weight is 396 g/mol. The Balaban J connectivity index is 1.79. The lowest BCUT2D eigenvalue weighted by molar-refractivity contribution is -0.116. The van der Waals surface area contributed by atoms with Gasteiger partial charge in [-0.05, 0) is 23.6 Å². The van der Waals surface area contributed by atoms with Gasteiger partial charge in [-0.2, -0.15) is 0 Å². The van der Waals surface area contributed by atoms with E-state index in [2.05, 4.69) is 42.3 Å². The van der Waals surface area contributed by atoms with Crippen LogP contribution >= 0.6 is 0 Å². The second-order valence-corrected chi connectivity index (χ2v) is 8.21. The van der Waals surface area contributed by atoms with Crippen molar-refractivity contribution in [2.75, 3.05) is 44.1 Å². The molecule has 6 nitrogen and oxygen atoms in total. The summed E-state index contributed by atoms with van der Waals surface area (Å²) < 4.78 is 17.7. The van der Waals surface area contributed by atoms with Gasteiger partial charge in [-0.3, -0.25) is 4.79 Å². The summed E-state index contributed by atoms with van der Waals surface area (Å²) in [7, 11) is 4.02. The standard InChI is InChI=1S/C23H28N2O4/c1-14(2)13-29-20-9-15(25(3)4)5-6-16(20)17-11-23(26)24-19-12-22-21(10-18(17)19)27-7-8-28-22/h5-6,9-10,12,14,17H,7-8,11,13H2,1-4H3,(H,24,26). The van der Waals surface area contributed by atoms with Gasteiger partial charge in [-0.25, -0.2) is 0 Å². The fourth-order valence-electron chi connectivity index (χ4n) is 3.75. The Morgan fingerprint density at radius 2 is 1.83 bits per heavy atom. The van der Waals surface area contributed by atoms with Crippen LogP contribution in [0.3, 0.4) is 0 Å². The Bertz CT molecular complexity index is 923. The summed E-state index contributed by atoms with van der Waals surface area (Å²) >= 11 is 0. The van der Waals surface area contributed by atoms with Crippen LogP contribution in [0.2, 0.25) is 0 Å². The van der Waals surface area contributed by atoms with Crippen molar-refractivity contribution >= 4 is 17.3 Å². The molecule has 2 aliphatic rings. The van der Waals surface area contributed by atoms with Crippen LogP contribution < -0.4 is 24.4 Å². The number of hydrogen-bond acceptors (Lipinski definition) is 5. The van der Waals surface area contributed by atoms with Crippen molar-refractivity contribution in [3.8, 4) is 17.2 Å². The van der Waals surface area contributed by atoms with Crippen LogP contribution in [0.15, 0.2) is 30.3 Å². The summed E-state index contributed by atoms with van der Waals surface area (Å²) in [4.78, 5) is 14.5. The zero-order chi connectivity index (χ0) is 20.5. The number of rotatable bonds is 5. The van der Waals surface area contributed by atoms with Crippen LogP contribution in [-0.2, 0) is 4.79 Å². The second-order valence-electron chi connectivity index (χ2n) is 8.21. The van der Waals surface area contributed by atoms with E-state index in [1.807, 2.05) is 26.2 Å². The first kappa shape index (κ1) is 19.4.